The van der Waals surface area contributed by atoms with Crippen LogP contribution >= 0.6 is 0 Å². The third-order valence-corrected chi connectivity index (χ3v) is 3.81. The van der Waals surface area contributed by atoms with Gasteiger partial charge in [0.05, 0.1) is 14.2 Å². The molecule has 0 atom stereocenters. The summed E-state index contributed by atoms with van der Waals surface area (Å²) in [7, 11) is 4.70. The van der Waals surface area contributed by atoms with Gasteiger partial charge in [0.2, 0.25) is 5.91 Å². The average molecular weight is 354 g/mol. The first-order chi connectivity index (χ1) is 12.5. The fourth-order valence-corrected chi connectivity index (χ4v) is 2.39. The predicted octanol–water partition coefficient (Wildman–Crippen LogP) is 3.02. The standard InChI is InChI=1S/C20H22N2O4/c1-13-11-15(20(24)21-2)7-8-16(13)22-19(23)10-6-14-5-9-17(25-3)18(12-14)26-4/h5-12H,1-4H3,(H,21,24)(H,22,23). The molecule has 0 aromatic heterocycles. The monoisotopic (exact) mass is 354 g/mol. The highest BCUT2D eigenvalue weighted by Crippen LogP contribution is 2.28. The summed E-state index contributed by atoms with van der Waals surface area (Å²) in [5.74, 6) is 0.784. The summed E-state index contributed by atoms with van der Waals surface area (Å²) in [5, 5.41) is 5.37. The molecule has 0 radical (unpaired) electrons. The number of aryl methyl sites for hydroxylation is 1. The molecule has 136 valence electrons. The molecule has 2 aromatic carbocycles. The van der Waals surface area contributed by atoms with Crippen LogP contribution < -0.4 is 20.1 Å². The Labute approximate surface area is 152 Å². The van der Waals surface area contributed by atoms with Gasteiger partial charge in [-0.2, -0.15) is 0 Å². The van der Waals surface area contributed by atoms with Crippen molar-refractivity contribution in [2.45, 2.75) is 6.92 Å². The zero-order chi connectivity index (χ0) is 19.1. The van der Waals surface area contributed by atoms with Crippen LogP contribution in [0.3, 0.4) is 0 Å². The molecule has 6 nitrogen and oxygen atoms in total. The Kier molecular flexibility index (Phi) is 6.38. The molecule has 0 saturated carbocycles. The van der Waals surface area contributed by atoms with Gasteiger partial charge < -0.3 is 20.1 Å². The van der Waals surface area contributed by atoms with E-state index in [1.807, 2.05) is 13.0 Å². The highest BCUT2D eigenvalue weighted by atomic mass is 16.5. The minimum atomic E-state index is -0.268. The molecule has 0 bridgehead atoms. The topological polar surface area (TPSA) is 76.7 Å². The van der Waals surface area contributed by atoms with Gasteiger partial charge in [0.15, 0.2) is 11.5 Å². The molecule has 0 aliphatic carbocycles. The van der Waals surface area contributed by atoms with Crippen LogP contribution in [0.25, 0.3) is 6.08 Å². The van der Waals surface area contributed by atoms with Crippen LogP contribution in [0.4, 0.5) is 5.69 Å². The Bertz CT molecular complexity index is 844. The molecule has 0 aliphatic heterocycles. The van der Waals surface area contributed by atoms with E-state index in [0.29, 0.717) is 22.7 Å². The number of hydrogen-bond donors (Lipinski definition) is 2. The molecule has 0 unspecified atom stereocenters. The van der Waals surface area contributed by atoms with Crippen molar-refractivity contribution in [1.82, 2.24) is 5.32 Å². The van der Waals surface area contributed by atoms with Gasteiger partial charge in [-0.3, -0.25) is 9.59 Å². The highest BCUT2D eigenvalue weighted by Gasteiger charge is 2.07. The van der Waals surface area contributed by atoms with E-state index in [2.05, 4.69) is 10.6 Å². The molecule has 2 N–H and O–H groups in total. The Hall–Kier alpha value is -3.28. The molecule has 26 heavy (non-hydrogen) atoms. The molecule has 0 spiro atoms. The van der Waals surface area contributed by atoms with Crippen LogP contribution in [0.1, 0.15) is 21.5 Å². The van der Waals surface area contributed by atoms with E-state index in [0.717, 1.165) is 11.1 Å². The molecule has 0 aliphatic rings. The first kappa shape index (κ1) is 19.1. The minimum absolute atomic E-state index is 0.167. The fourth-order valence-electron chi connectivity index (χ4n) is 2.39. The lowest BCUT2D eigenvalue weighted by molar-refractivity contribution is -0.111. The number of nitrogens with one attached hydrogen (secondary N) is 2. The molecule has 2 amide bonds. The number of amides is 2. The summed E-state index contributed by atoms with van der Waals surface area (Å²) in [6.07, 6.45) is 3.12. The van der Waals surface area contributed by atoms with E-state index in [-0.39, 0.29) is 11.8 Å². The lowest BCUT2D eigenvalue weighted by Gasteiger charge is -2.09. The first-order valence-corrected chi connectivity index (χ1v) is 8.02. The first-order valence-electron chi connectivity index (χ1n) is 8.02. The zero-order valence-electron chi connectivity index (χ0n) is 15.3. The third kappa shape index (κ3) is 4.63. The second-order valence-corrected chi connectivity index (χ2v) is 5.55. The summed E-state index contributed by atoms with van der Waals surface area (Å²) in [6, 6.07) is 10.5. The van der Waals surface area contributed by atoms with E-state index < -0.39 is 0 Å². The SMILES string of the molecule is CNC(=O)c1ccc(NC(=O)C=Cc2ccc(OC)c(OC)c2)c(C)c1. The number of anilines is 1. The van der Waals surface area contributed by atoms with Crippen LogP contribution in [0.2, 0.25) is 0 Å². The van der Waals surface area contributed by atoms with E-state index >= 15 is 0 Å². The lowest BCUT2D eigenvalue weighted by atomic mass is 10.1. The van der Waals surface area contributed by atoms with Crippen LogP contribution in [-0.4, -0.2) is 33.1 Å². The highest BCUT2D eigenvalue weighted by molar-refractivity contribution is 6.03. The number of rotatable bonds is 6. The minimum Gasteiger partial charge on any atom is -0.493 e. The number of hydrogen-bond acceptors (Lipinski definition) is 4. The maximum atomic E-state index is 12.2. The maximum Gasteiger partial charge on any atom is 0.251 e. The number of carbonyl (C=O) groups excluding carboxylic acids is 2. The summed E-state index contributed by atoms with van der Waals surface area (Å²) in [5.41, 5.74) is 2.81. The summed E-state index contributed by atoms with van der Waals surface area (Å²) >= 11 is 0. The number of methoxy groups -OCH3 is 2. The van der Waals surface area contributed by atoms with Gasteiger partial charge in [-0.15, -0.1) is 0 Å². The molecular weight excluding hydrogens is 332 g/mol. The van der Waals surface area contributed by atoms with Gasteiger partial charge in [0.25, 0.3) is 5.91 Å². The van der Waals surface area contributed by atoms with Gasteiger partial charge in [-0.05, 0) is 54.5 Å². The lowest BCUT2D eigenvalue weighted by Crippen LogP contribution is -2.18. The van der Waals surface area contributed by atoms with Crippen LogP contribution in [0.5, 0.6) is 11.5 Å². The van der Waals surface area contributed by atoms with Crippen molar-refractivity contribution in [3.05, 3.63) is 59.2 Å². The Morgan fingerprint density at radius 2 is 1.73 bits per heavy atom. The summed E-state index contributed by atoms with van der Waals surface area (Å²) < 4.78 is 10.4. The van der Waals surface area contributed by atoms with E-state index in [9.17, 15) is 9.59 Å². The van der Waals surface area contributed by atoms with Gasteiger partial charge in [-0.25, -0.2) is 0 Å². The van der Waals surface area contributed by atoms with Crippen molar-refractivity contribution in [2.24, 2.45) is 0 Å². The van der Waals surface area contributed by atoms with Crippen molar-refractivity contribution in [2.75, 3.05) is 26.6 Å². The summed E-state index contributed by atoms with van der Waals surface area (Å²) in [6.45, 7) is 1.83. The summed E-state index contributed by atoms with van der Waals surface area (Å²) in [4.78, 5) is 23.8. The third-order valence-electron chi connectivity index (χ3n) is 3.81. The van der Waals surface area contributed by atoms with Crippen LogP contribution in [-0.2, 0) is 4.79 Å². The van der Waals surface area contributed by atoms with Crippen molar-refractivity contribution < 1.29 is 19.1 Å². The maximum absolute atomic E-state index is 12.2. The Morgan fingerprint density at radius 1 is 1.00 bits per heavy atom. The number of ether oxygens (including phenoxy) is 2. The second-order valence-electron chi connectivity index (χ2n) is 5.55. The van der Waals surface area contributed by atoms with Gasteiger partial charge in [0, 0.05) is 24.4 Å². The zero-order valence-corrected chi connectivity index (χ0v) is 15.3. The quantitative estimate of drug-likeness (QED) is 0.782. The molecule has 0 fully saturated rings. The van der Waals surface area contributed by atoms with E-state index in [1.165, 1.54) is 6.08 Å². The van der Waals surface area contributed by atoms with Crippen LogP contribution in [0, 0.1) is 6.92 Å². The molecular formula is C20H22N2O4. The van der Waals surface area contributed by atoms with Gasteiger partial charge in [-0.1, -0.05) is 6.07 Å². The predicted molar refractivity (Wildman–Crippen MR) is 102 cm³/mol. The van der Waals surface area contributed by atoms with Crippen molar-refractivity contribution in [3.8, 4) is 11.5 Å². The Morgan fingerprint density at radius 3 is 2.35 bits per heavy atom. The van der Waals surface area contributed by atoms with Crippen molar-refractivity contribution >= 4 is 23.6 Å². The van der Waals surface area contributed by atoms with E-state index in [1.54, 1.807) is 57.7 Å². The molecule has 6 heteroatoms. The average Bonchev–Trinajstić information content (AvgIpc) is 2.66. The molecule has 2 rings (SSSR count). The van der Waals surface area contributed by atoms with Crippen molar-refractivity contribution in [3.63, 3.8) is 0 Å². The number of benzene rings is 2. The Balaban J connectivity index is 2.09. The molecule has 2 aromatic rings. The van der Waals surface area contributed by atoms with Crippen molar-refractivity contribution in [1.29, 1.82) is 0 Å². The fraction of sp³-hybridized carbons (Fsp3) is 0.200. The molecule has 0 heterocycles. The van der Waals surface area contributed by atoms with Gasteiger partial charge in [0.1, 0.15) is 0 Å². The van der Waals surface area contributed by atoms with Gasteiger partial charge >= 0.3 is 0 Å². The largest absolute Gasteiger partial charge is 0.493 e. The van der Waals surface area contributed by atoms with E-state index in [4.69, 9.17) is 9.47 Å². The molecule has 0 saturated heterocycles. The van der Waals surface area contributed by atoms with Crippen LogP contribution in [0.15, 0.2) is 42.5 Å². The normalized spacial score (nSPS) is 10.5. The number of carbonyl (C=O) groups is 2. The second kappa shape index (κ2) is 8.71. The smallest absolute Gasteiger partial charge is 0.251 e.